The molecule has 1 aromatic carbocycles. The molecule has 0 fully saturated rings. The number of carbonyl (C=O) groups excluding carboxylic acids is 2. The van der Waals surface area contributed by atoms with Gasteiger partial charge in [0, 0.05) is 0 Å². The first-order valence-corrected chi connectivity index (χ1v) is 5.72. The van der Waals surface area contributed by atoms with Crippen molar-refractivity contribution in [3.63, 3.8) is 0 Å². The van der Waals surface area contributed by atoms with Gasteiger partial charge in [0.1, 0.15) is 18.4 Å². The Morgan fingerprint density at radius 2 is 2.47 bits per heavy atom. The van der Waals surface area contributed by atoms with E-state index in [0.29, 0.717) is 17.3 Å². The first kappa shape index (κ1) is 11.5. The molecular weight excluding hydrogens is 248 g/mol. The van der Waals surface area contributed by atoms with E-state index in [1.807, 2.05) is 0 Å². The molecule has 1 radical (unpaired) electrons. The van der Waals surface area contributed by atoms with Crippen LogP contribution in [0.25, 0.3) is 0 Å². The number of nitrogens with two attached hydrogens (primary N) is 1. The van der Waals surface area contributed by atoms with Gasteiger partial charge in [-0.2, -0.15) is 5.10 Å². The van der Waals surface area contributed by atoms with Gasteiger partial charge in [-0.3, -0.25) is 9.59 Å². The lowest BCUT2D eigenvalue weighted by Crippen LogP contribution is -2.56. The number of nitrogens with zero attached hydrogens (tertiary/aromatic N) is 2. The molecule has 0 bridgehead atoms. The molecule has 2 amide bonds. The maximum absolute atomic E-state index is 11.7. The third-order valence-electron chi connectivity index (χ3n) is 3.12. The van der Waals surface area contributed by atoms with Gasteiger partial charge in [-0.05, 0) is 25.1 Å². The fourth-order valence-corrected chi connectivity index (χ4v) is 2.19. The van der Waals surface area contributed by atoms with Crippen LogP contribution in [0.4, 0.5) is 5.69 Å². The standard InChI is InChI=1S/C12H11N4O3/c1-6-12(18)15-14-9-5-19-8-4-2-3-7(11(13)17)10(8)16(6)9/h2,4,6H,5H2,1H3,(H2,13,17)(H,15,18). The molecule has 0 saturated heterocycles. The van der Waals surface area contributed by atoms with Crippen LogP contribution in [-0.4, -0.2) is 30.3 Å². The summed E-state index contributed by atoms with van der Waals surface area (Å²) < 4.78 is 5.52. The number of nitrogens with one attached hydrogen (secondary N) is 1. The Balaban J connectivity index is 2.22. The normalized spacial score (nSPS) is 20.7. The number of amides is 2. The molecule has 0 saturated carbocycles. The number of anilines is 1. The third-order valence-corrected chi connectivity index (χ3v) is 3.12. The summed E-state index contributed by atoms with van der Waals surface area (Å²) in [4.78, 5) is 24.9. The monoisotopic (exact) mass is 259 g/mol. The van der Waals surface area contributed by atoms with E-state index in [9.17, 15) is 9.59 Å². The van der Waals surface area contributed by atoms with Gasteiger partial charge in [0.05, 0.1) is 11.3 Å². The summed E-state index contributed by atoms with van der Waals surface area (Å²) in [6.45, 7) is 1.94. The molecule has 3 rings (SSSR count). The molecule has 1 atom stereocenters. The van der Waals surface area contributed by atoms with Gasteiger partial charge in [-0.1, -0.05) is 0 Å². The van der Waals surface area contributed by atoms with Gasteiger partial charge in [-0.25, -0.2) is 5.43 Å². The highest BCUT2D eigenvalue weighted by Crippen LogP contribution is 2.37. The Kier molecular flexibility index (Phi) is 2.41. The Morgan fingerprint density at radius 1 is 1.68 bits per heavy atom. The topological polar surface area (TPSA) is 97.0 Å². The summed E-state index contributed by atoms with van der Waals surface area (Å²) >= 11 is 0. The van der Waals surface area contributed by atoms with E-state index in [4.69, 9.17) is 10.5 Å². The number of hydrazone groups is 1. The predicted molar refractivity (Wildman–Crippen MR) is 66.8 cm³/mol. The molecule has 2 aliphatic heterocycles. The zero-order chi connectivity index (χ0) is 13.6. The highest BCUT2D eigenvalue weighted by molar-refractivity contribution is 6.13. The van der Waals surface area contributed by atoms with Gasteiger partial charge in [-0.15, -0.1) is 0 Å². The average Bonchev–Trinajstić information content (AvgIpc) is 2.41. The van der Waals surface area contributed by atoms with Crippen LogP contribution < -0.4 is 20.8 Å². The average molecular weight is 259 g/mol. The van der Waals surface area contributed by atoms with E-state index in [1.54, 1.807) is 24.0 Å². The van der Waals surface area contributed by atoms with Crippen molar-refractivity contribution in [2.75, 3.05) is 11.5 Å². The number of ether oxygens (including phenoxy) is 1. The minimum Gasteiger partial charge on any atom is -0.483 e. The van der Waals surface area contributed by atoms with Crippen LogP contribution in [0.5, 0.6) is 5.75 Å². The molecule has 7 heteroatoms. The predicted octanol–water partition coefficient (Wildman–Crippen LogP) is -0.384. The molecular formula is C12H11N4O3. The molecule has 97 valence electrons. The smallest absolute Gasteiger partial charge is 0.262 e. The lowest BCUT2D eigenvalue weighted by atomic mass is 10.1. The van der Waals surface area contributed by atoms with E-state index in [0.717, 1.165) is 0 Å². The summed E-state index contributed by atoms with van der Waals surface area (Å²) in [6, 6.07) is 5.53. The summed E-state index contributed by atoms with van der Waals surface area (Å²) in [5, 5.41) is 3.93. The van der Waals surface area contributed by atoms with Crippen molar-refractivity contribution in [2.45, 2.75) is 13.0 Å². The van der Waals surface area contributed by atoms with Gasteiger partial charge in [0.25, 0.3) is 11.8 Å². The Hall–Kier alpha value is -2.57. The van der Waals surface area contributed by atoms with Crippen molar-refractivity contribution in [3.05, 3.63) is 23.8 Å². The number of carbonyl (C=O) groups is 2. The zero-order valence-electron chi connectivity index (χ0n) is 10.1. The summed E-state index contributed by atoms with van der Waals surface area (Å²) in [5.41, 5.74) is 8.39. The molecule has 2 aliphatic rings. The molecule has 2 heterocycles. The van der Waals surface area contributed by atoms with E-state index in [1.165, 1.54) is 0 Å². The van der Waals surface area contributed by atoms with Crippen LogP contribution in [0.15, 0.2) is 17.2 Å². The van der Waals surface area contributed by atoms with E-state index in [2.05, 4.69) is 16.6 Å². The number of amidine groups is 1. The van der Waals surface area contributed by atoms with Crippen molar-refractivity contribution in [3.8, 4) is 5.75 Å². The van der Waals surface area contributed by atoms with Gasteiger partial charge >= 0.3 is 0 Å². The summed E-state index contributed by atoms with van der Waals surface area (Å²) in [6.07, 6.45) is 0. The number of rotatable bonds is 1. The third kappa shape index (κ3) is 1.62. The first-order chi connectivity index (χ1) is 9.09. The Labute approximate surface area is 109 Å². The van der Waals surface area contributed by atoms with Crippen molar-refractivity contribution >= 4 is 23.3 Å². The zero-order valence-corrected chi connectivity index (χ0v) is 10.1. The lowest BCUT2D eigenvalue weighted by molar-refractivity contribution is -0.122. The Bertz CT molecular complexity index is 611. The molecule has 1 aromatic rings. The van der Waals surface area contributed by atoms with Gasteiger partial charge < -0.3 is 15.4 Å². The highest BCUT2D eigenvalue weighted by atomic mass is 16.5. The minimum absolute atomic E-state index is 0.187. The van der Waals surface area contributed by atoms with Crippen LogP contribution in [0.3, 0.4) is 0 Å². The van der Waals surface area contributed by atoms with Crippen LogP contribution in [0.1, 0.15) is 17.3 Å². The highest BCUT2D eigenvalue weighted by Gasteiger charge is 2.37. The van der Waals surface area contributed by atoms with Crippen molar-refractivity contribution < 1.29 is 14.3 Å². The second kappa shape index (κ2) is 3.98. The molecule has 3 N–H and O–H groups in total. The number of hydrogen-bond donors (Lipinski definition) is 2. The van der Waals surface area contributed by atoms with Crippen LogP contribution in [0.2, 0.25) is 0 Å². The number of hydrogen-bond acceptors (Lipinski definition) is 5. The number of benzene rings is 1. The quantitative estimate of drug-likeness (QED) is 0.718. The van der Waals surface area contributed by atoms with E-state index < -0.39 is 11.9 Å². The van der Waals surface area contributed by atoms with Crippen LogP contribution >= 0.6 is 0 Å². The maximum atomic E-state index is 11.7. The van der Waals surface area contributed by atoms with Gasteiger partial charge in [0.2, 0.25) is 0 Å². The second-order valence-corrected chi connectivity index (χ2v) is 4.27. The van der Waals surface area contributed by atoms with Crippen molar-refractivity contribution in [1.82, 2.24) is 5.43 Å². The molecule has 7 nitrogen and oxygen atoms in total. The second-order valence-electron chi connectivity index (χ2n) is 4.27. The van der Waals surface area contributed by atoms with Crippen LogP contribution in [0, 0.1) is 6.07 Å². The summed E-state index contributed by atoms with van der Waals surface area (Å²) in [5.74, 6) is 0.144. The fourth-order valence-electron chi connectivity index (χ4n) is 2.19. The largest absolute Gasteiger partial charge is 0.483 e. The van der Waals surface area contributed by atoms with E-state index >= 15 is 0 Å². The van der Waals surface area contributed by atoms with E-state index in [-0.39, 0.29) is 18.1 Å². The summed E-state index contributed by atoms with van der Waals surface area (Å²) in [7, 11) is 0. The number of fused-ring (bicyclic) bond motifs is 3. The van der Waals surface area contributed by atoms with Crippen LogP contribution in [-0.2, 0) is 4.79 Å². The Morgan fingerprint density at radius 3 is 3.21 bits per heavy atom. The fraction of sp³-hybridized carbons (Fsp3) is 0.250. The lowest BCUT2D eigenvalue weighted by Gasteiger charge is -2.38. The van der Waals surface area contributed by atoms with Gasteiger partial charge in [0.15, 0.2) is 5.84 Å². The SMILES string of the molecule is CC1C(=O)NN=C2COc3cc[c]c(C(N)=O)c3N21. The first-order valence-electron chi connectivity index (χ1n) is 5.72. The molecule has 1 unspecified atom stereocenters. The van der Waals surface area contributed by atoms with Crippen molar-refractivity contribution in [1.29, 1.82) is 0 Å². The maximum Gasteiger partial charge on any atom is 0.262 e. The molecule has 0 aromatic heterocycles. The number of primary amides is 1. The minimum atomic E-state index is -0.625. The van der Waals surface area contributed by atoms with Crippen molar-refractivity contribution in [2.24, 2.45) is 10.8 Å². The molecule has 0 aliphatic carbocycles. The molecule has 0 spiro atoms. The molecule has 19 heavy (non-hydrogen) atoms.